The number of hydrogen-bond acceptors (Lipinski definition) is 5. The number of ketones is 1. The van der Waals surface area contributed by atoms with Crippen molar-refractivity contribution in [2.45, 2.75) is 18.9 Å². The Morgan fingerprint density at radius 3 is 2.53 bits per heavy atom. The number of ether oxygens (including phenoxy) is 1. The van der Waals surface area contributed by atoms with Gasteiger partial charge in [-0.2, -0.15) is 0 Å². The zero-order valence-electron chi connectivity index (χ0n) is 18.8. The molecule has 0 spiro atoms. The number of nitrogens with one attached hydrogen (secondary N) is 1. The second-order valence-corrected chi connectivity index (χ2v) is 8.30. The molecule has 1 aliphatic rings. The Bertz CT molecular complexity index is 1050. The molecule has 0 aliphatic carbocycles. The number of benzene rings is 2. The Morgan fingerprint density at radius 2 is 1.88 bits per heavy atom. The van der Waals surface area contributed by atoms with Gasteiger partial charge in [-0.3, -0.25) is 9.69 Å². The molecule has 0 bridgehead atoms. The summed E-state index contributed by atoms with van der Waals surface area (Å²) in [7, 11) is 1.33. The van der Waals surface area contributed by atoms with E-state index in [-0.39, 0.29) is 28.1 Å². The van der Waals surface area contributed by atoms with Crippen LogP contribution in [-0.2, 0) is 4.74 Å². The number of urea groups is 1. The highest BCUT2D eigenvalue weighted by atomic mass is 35.5. The lowest BCUT2D eigenvalue weighted by atomic mass is 9.91. The van der Waals surface area contributed by atoms with Gasteiger partial charge in [-0.1, -0.05) is 29.8 Å². The first-order chi connectivity index (χ1) is 16.3. The molecule has 1 saturated heterocycles. The molecule has 1 aliphatic heterocycles. The first kappa shape index (κ1) is 25.6. The molecule has 2 aromatic carbocycles. The van der Waals surface area contributed by atoms with Crippen molar-refractivity contribution in [1.29, 1.82) is 0 Å². The van der Waals surface area contributed by atoms with Crippen LogP contribution < -0.4 is 5.32 Å². The lowest BCUT2D eigenvalue weighted by Gasteiger charge is -2.31. The van der Waals surface area contributed by atoms with E-state index in [1.165, 1.54) is 49.5 Å². The predicted molar refractivity (Wildman–Crippen MR) is 125 cm³/mol. The third kappa shape index (κ3) is 6.11. The SMILES string of the molecule is CNC(=O)N(C(=O)O)C(CCCN1CCOCC1)c1ccc(Cl)cc1C(=O)c1ccccc1F. The first-order valence-corrected chi connectivity index (χ1v) is 11.3. The minimum absolute atomic E-state index is 0.0455. The topological polar surface area (TPSA) is 99.2 Å². The van der Waals surface area contributed by atoms with Crippen LogP contribution in [0.1, 0.15) is 40.4 Å². The molecule has 34 heavy (non-hydrogen) atoms. The van der Waals surface area contributed by atoms with Gasteiger partial charge < -0.3 is 15.2 Å². The van der Waals surface area contributed by atoms with Crippen LogP contribution in [0.15, 0.2) is 42.5 Å². The Labute approximate surface area is 202 Å². The molecule has 1 heterocycles. The molecule has 10 heteroatoms. The van der Waals surface area contributed by atoms with Crippen molar-refractivity contribution >= 4 is 29.5 Å². The van der Waals surface area contributed by atoms with Gasteiger partial charge >= 0.3 is 12.1 Å². The van der Waals surface area contributed by atoms with Crippen LogP contribution in [0.3, 0.4) is 0 Å². The molecule has 2 aromatic rings. The summed E-state index contributed by atoms with van der Waals surface area (Å²) in [5.74, 6) is -1.35. The van der Waals surface area contributed by atoms with Crippen molar-refractivity contribution in [1.82, 2.24) is 15.1 Å². The van der Waals surface area contributed by atoms with Crippen molar-refractivity contribution in [3.63, 3.8) is 0 Å². The summed E-state index contributed by atoms with van der Waals surface area (Å²) >= 11 is 6.16. The molecule has 0 saturated carbocycles. The average molecular weight is 492 g/mol. The fourth-order valence-electron chi connectivity index (χ4n) is 4.05. The van der Waals surface area contributed by atoms with Crippen LogP contribution in [0.5, 0.6) is 0 Å². The summed E-state index contributed by atoms with van der Waals surface area (Å²) < 4.78 is 19.8. The minimum Gasteiger partial charge on any atom is -0.465 e. The number of rotatable bonds is 8. The lowest BCUT2D eigenvalue weighted by molar-refractivity contribution is 0.0363. The fraction of sp³-hybridized carbons (Fsp3) is 0.375. The van der Waals surface area contributed by atoms with E-state index in [1.54, 1.807) is 0 Å². The summed E-state index contributed by atoms with van der Waals surface area (Å²) in [4.78, 5) is 40.8. The molecular formula is C24H27ClFN3O5. The van der Waals surface area contributed by atoms with Gasteiger partial charge in [0, 0.05) is 30.7 Å². The molecule has 0 aromatic heterocycles. The molecule has 8 nitrogen and oxygen atoms in total. The molecule has 2 N–H and O–H groups in total. The second-order valence-electron chi connectivity index (χ2n) is 7.86. The highest BCUT2D eigenvalue weighted by Gasteiger charge is 2.33. The maximum Gasteiger partial charge on any atom is 0.416 e. The van der Waals surface area contributed by atoms with Crippen LogP contribution in [0.4, 0.5) is 14.0 Å². The number of morpholine rings is 1. The van der Waals surface area contributed by atoms with Crippen molar-refractivity contribution in [3.8, 4) is 0 Å². The second kappa shape index (κ2) is 11.9. The standard InChI is InChI=1S/C24H27ClFN3O5/c1-27-23(31)29(24(32)33)21(7-4-10-28-11-13-34-14-12-28)17-9-8-16(25)15-19(17)22(30)18-5-2-3-6-20(18)26/h2-3,5-6,8-9,15,21H,4,7,10-14H2,1H3,(H,27,31)(H,32,33). The fourth-order valence-corrected chi connectivity index (χ4v) is 4.22. The van der Waals surface area contributed by atoms with E-state index in [2.05, 4.69) is 10.2 Å². The predicted octanol–water partition coefficient (Wildman–Crippen LogP) is 4.18. The van der Waals surface area contributed by atoms with Gasteiger partial charge in [-0.05, 0) is 49.2 Å². The third-order valence-electron chi connectivity index (χ3n) is 5.74. The van der Waals surface area contributed by atoms with Crippen LogP contribution in [0.25, 0.3) is 0 Å². The molecule has 3 amide bonds. The van der Waals surface area contributed by atoms with Crippen molar-refractivity contribution in [2.75, 3.05) is 39.9 Å². The number of halogens is 2. The molecule has 1 atom stereocenters. The number of hydrogen-bond donors (Lipinski definition) is 2. The number of carbonyl (C=O) groups is 3. The Hall–Kier alpha value is -3.01. The summed E-state index contributed by atoms with van der Waals surface area (Å²) in [5, 5.41) is 12.4. The number of imide groups is 1. The van der Waals surface area contributed by atoms with Crippen molar-refractivity contribution < 1.29 is 28.6 Å². The lowest BCUT2D eigenvalue weighted by Crippen LogP contribution is -2.44. The Balaban J connectivity index is 2.00. The quantitative estimate of drug-likeness (QED) is 0.537. The molecule has 3 rings (SSSR count). The molecule has 1 fully saturated rings. The van der Waals surface area contributed by atoms with E-state index in [9.17, 15) is 23.9 Å². The molecule has 1 unspecified atom stereocenters. The summed E-state index contributed by atoms with van der Waals surface area (Å²) in [6.45, 7) is 3.45. The molecular weight excluding hydrogens is 465 g/mol. The summed E-state index contributed by atoms with van der Waals surface area (Å²) in [5.41, 5.74) is 0.162. The van der Waals surface area contributed by atoms with E-state index in [1.807, 2.05) is 0 Å². The van der Waals surface area contributed by atoms with Gasteiger partial charge in [-0.15, -0.1) is 0 Å². The number of nitrogens with zero attached hydrogens (tertiary/aromatic N) is 2. The Kier molecular flexibility index (Phi) is 8.98. The summed E-state index contributed by atoms with van der Waals surface area (Å²) in [6.07, 6.45) is -0.646. The van der Waals surface area contributed by atoms with E-state index in [0.29, 0.717) is 31.1 Å². The number of carboxylic acid groups (broad SMARTS) is 1. The maximum atomic E-state index is 14.4. The zero-order chi connectivity index (χ0) is 24.7. The van der Waals surface area contributed by atoms with Gasteiger partial charge in [0.15, 0.2) is 5.78 Å². The zero-order valence-corrected chi connectivity index (χ0v) is 19.6. The van der Waals surface area contributed by atoms with E-state index in [0.717, 1.165) is 13.1 Å². The van der Waals surface area contributed by atoms with E-state index >= 15 is 0 Å². The average Bonchev–Trinajstić information content (AvgIpc) is 2.83. The van der Waals surface area contributed by atoms with Crippen LogP contribution in [-0.4, -0.2) is 72.7 Å². The number of carbonyl (C=O) groups excluding carboxylic acids is 2. The van der Waals surface area contributed by atoms with Gasteiger partial charge in [-0.25, -0.2) is 18.9 Å². The third-order valence-corrected chi connectivity index (χ3v) is 5.98. The smallest absolute Gasteiger partial charge is 0.416 e. The highest BCUT2D eigenvalue weighted by molar-refractivity contribution is 6.31. The van der Waals surface area contributed by atoms with Crippen molar-refractivity contribution in [2.24, 2.45) is 0 Å². The van der Waals surface area contributed by atoms with Gasteiger partial charge in [0.1, 0.15) is 5.82 Å². The van der Waals surface area contributed by atoms with Crippen LogP contribution in [0.2, 0.25) is 5.02 Å². The maximum absolute atomic E-state index is 14.4. The molecule has 182 valence electrons. The van der Waals surface area contributed by atoms with Crippen LogP contribution >= 0.6 is 11.6 Å². The number of amides is 3. The van der Waals surface area contributed by atoms with Crippen molar-refractivity contribution in [3.05, 3.63) is 70.0 Å². The minimum atomic E-state index is -1.46. The highest BCUT2D eigenvalue weighted by Crippen LogP contribution is 2.32. The van der Waals surface area contributed by atoms with Gasteiger partial charge in [0.2, 0.25) is 0 Å². The van der Waals surface area contributed by atoms with Crippen LogP contribution in [0, 0.1) is 5.82 Å². The monoisotopic (exact) mass is 491 g/mol. The molecule has 0 radical (unpaired) electrons. The van der Waals surface area contributed by atoms with Gasteiger partial charge in [0.05, 0.1) is 24.8 Å². The Morgan fingerprint density at radius 1 is 1.18 bits per heavy atom. The van der Waals surface area contributed by atoms with E-state index < -0.39 is 29.8 Å². The summed E-state index contributed by atoms with van der Waals surface area (Å²) in [6, 6.07) is 8.14. The largest absolute Gasteiger partial charge is 0.465 e. The van der Waals surface area contributed by atoms with Gasteiger partial charge in [0.25, 0.3) is 0 Å². The van der Waals surface area contributed by atoms with E-state index in [4.69, 9.17) is 16.3 Å². The normalized spacial score (nSPS) is 14.9. The first-order valence-electron chi connectivity index (χ1n) is 11.0.